The third kappa shape index (κ3) is 3.39. The Morgan fingerprint density at radius 1 is 1.26 bits per heavy atom. The molecule has 0 spiro atoms. The van der Waals surface area contributed by atoms with E-state index in [4.69, 9.17) is 5.73 Å². The van der Waals surface area contributed by atoms with Gasteiger partial charge in [0.1, 0.15) is 0 Å². The van der Waals surface area contributed by atoms with E-state index in [1.165, 1.54) is 0 Å². The van der Waals surface area contributed by atoms with Crippen LogP contribution in [0.1, 0.15) is 16.8 Å². The number of anilines is 1. The van der Waals surface area contributed by atoms with E-state index in [0.29, 0.717) is 6.54 Å². The molecule has 19 heavy (non-hydrogen) atoms. The minimum Gasteiger partial charge on any atom is -0.326 e. The van der Waals surface area contributed by atoms with Gasteiger partial charge in [-0.2, -0.15) is 0 Å². The van der Waals surface area contributed by atoms with Crippen molar-refractivity contribution >= 4 is 11.6 Å². The first-order chi connectivity index (χ1) is 9.20. The van der Waals surface area contributed by atoms with Gasteiger partial charge in [-0.1, -0.05) is 24.3 Å². The molecule has 4 nitrogen and oxygen atoms in total. The van der Waals surface area contributed by atoms with Crippen molar-refractivity contribution in [3.05, 3.63) is 59.4 Å². The number of amides is 1. The fourth-order valence-electron chi connectivity index (χ4n) is 1.87. The van der Waals surface area contributed by atoms with Crippen LogP contribution in [0.5, 0.6) is 0 Å². The normalized spacial score (nSPS) is 10.2. The van der Waals surface area contributed by atoms with Crippen molar-refractivity contribution in [2.24, 2.45) is 5.73 Å². The second kappa shape index (κ2) is 6.11. The van der Waals surface area contributed by atoms with Gasteiger partial charge in [0.2, 0.25) is 5.91 Å². The topological polar surface area (TPSA) is 68.0 Å². The predicted octanol–water partition coefficient (Wildman–Crippen LogP) is 2.03. The van der Waals surface area contributed by atoms with Crippen molar-refractivity contribution in [3.63, 3.8) is 0 Å². The first-order valence-electron chi connectivity index (χ1n) is 6.19. The van der Waals surface area contributed by atoms with Crippen LogP contribution in [-0.4, -0.2) is 10.9 Å². The van der Waals surface area contributed by atoms with Gasteiger partial charge in [0.25, 0.3) is 0 Å². The van der Waals surface area contributed by atoms with Crippen LogP contribution in [0.3, 0.4) is 0 Å². The van der Waals surface area contributed by atoms with Crippen LogP contribution in [0.25, 0.3) is 0 Å². The highest BCUT2D eigenvalue weighted by Gasteiger charge is 2.08. The molecule has 98 valence electrons. The Morgan fingerprint density at radius 2 is 2.05 bits per heavy atom. The third-order valence-corrected chi connectivity index (χ3v) is 2.96. The number of nitrogens with two attached hydrogens (primary N) is 1. The van der Waals surface area contributed by atoms with Gasteiger partial charge in [0.15, 0.2) is 0 Å². The highest BCUT2D eigenvalue weighted by Crippen LogP contribution is 2.14. The number of carbonyl (C=O) groups is 1. The summed E-state index contributed by atoms with van der Waals surface area (Å²) in [6, 6.07) is 11.3. The molecule has 0 aliphatic rings. The van der Waals surface area contributed by atoms with E-state index in [-0.39, 0.29) is 12.3 Å². The standard InChI is InChI=1S/C15H17N3O/c1-11-5-4-8-17-14(11)9-15(19)18-13-7-3-2-6-12(13)10-16/h2-8H,9-10,16H2,1H3,(H,18,19). The van der Waals surface area contributed by atoms with Crippen LogP contribution in [0.2, 0.25) is 0 Å². The average molecular weight is 255 g/mol. The van der Waals surface area contributed by atoms with Crippen molar-refractivity contribution in [3.8, 4) is 0 Å². The number of hydrogen-bond acceptors (Lipinski definition) is 3. The fraction of sp³-hybridized carbons (Fsp3) is 0.200. The maximum atomic E-state index is 12.0. The highest BCUT2D eigenvalue weighted by atomic mass is 16.1. The van der Waals surface area contributed by atoms with Crippen molar-refractivity contribution < 1.29 is 4.79 Å². The van der Waals surface area contributed by atoms with Crippen molar-refractivity contribution in [1.29, 1.82) is 0 Å². The molecule has 0 fully saturated rings. The molecule has 1 aromatic carbocycles. The molecule has 0 aliphatic heterocycles. The summed E-state index contributed by atoms with van der Waals surface area (Å²) in [5, 5.41) is 2.88. The van der Waals surface area contributed by atoms with Crippen LogP contribution < -0.4 is 11.1 Å². The van der Waals surface area contributed by atoms with Gasteiger partial charge in [-0.15, -0.1) is 0 Å². The van der Waals surface area contributed by atoms with Gasteiger partial charge < -0.3 is 11.1 Å². The van der Waals surface area contributed by atoms with Crippen molar-refractivity contribution in [1.82, 2.24) is 4.98 Å². The van der Waals surface area contributed by atoms with Gasteiger partial charge in [-0.25, -0.2) is 0 Å². The zero-order valence-corrected chi connectivity index (χ0v) is 10.9. The Labute approximate surface area is 112 Å². The lowest BCUT2D eigenvalue weighted by Gasteiger charge is -2.10. The maximum Gasteiger partial charge on any atom is 0.230 e. The number of pyridine rings is 1. The zero-order valence-electron chi connectivity index (χ0n) is 10.9. The SMILES string of the molecule is Cc1cccnc1CC(=O)Nc1ccccc1CN. The van der Waals surface area contributed by atoms with Gasteiger partial charge in [-0.3, -0.25) is 9.78 Å². The summed E-state index contributed by atoms with van der Waals surface area (Å²) in [6.45, 7) is 2.35. The molecule has 0 saturated heterocycles. The number of hydrogen-bond donors (Lipinski definition) is 2. The van der Waals surface area contributed by atoms with E-state index in [0.717, 1.165) is 22.5 Å². The maximum absolute atomic E-state index is 12.0. The van der Waals surface area contributed by atoms with Gasteiger partial charge >= 0.3 is 0 Å². The Bertz CT molecular complexity index is 581. The summed E-state index contributed by atoms with van der Waals surface area (Å²) < 4.78 is 0. The van der Waals surface area contributed by atoms with E-state index in [1.54, 1.807) is 6.20 Å². The molecule has 0 saturated carbocycles. The number of benzene rings is 1. The number of nitrogens with one attached hydrogen (secondary N) is 1. The second-order valence-electron chi connectivity index (χ2n) is 4.35. The monoisotopic (exact) mass is 255 g/mol. The van der Waals surface area contributed by atoms with Crippen LogP contribution in [0.4, 0.5) is 5.69 Å². The molecule has 1 heterocycles. The lowest BCUT2D eigenvalue weighted by molar-refractivity contribution is -0.115. The van der Waals surface area contributed by atoms with Crippen LogP contribution >= 0.6 is 0 Å². The summed E-state index contributed by atoms with van der Waals surface area (Å²) in [4.78, 5) is 16.2. The number of carbonyl (C=O) groups excluding carboxylic acids is 1. The number of para-hydroxylation sites is 1. The van der Waals surface area contributed by atoms with Gasteiger partial charge in [0, 0.05) is 18.4 Å². The van der Waals surface area contributed by atoms with E-state index in [9.17, 15) is 4.79 Å². The number of rotatable bonds is 4. The van der Waals surface area contributed by atoms with E-state index < -0.39 is 0 Å². The van der Waals surface area contributed by atoms with E-state index in [1.807, 2.05) is 43.3 Å². The first kappa shape index (κ1) is 13.2. The number of nitrogens with zero attached hydrogens (tertiary/aromatic N) is 1. The lowest BCUT2D eigenvalue weighted by atomic mass is 10.1. The Hall–Kier alpha value is -2.20. The molecule has 1 amide bonds. The largest absolute Gasteiger partial charge is 0.326 e. The summed E-state index contributed by atoms with van der Waals surface area (Å²) >= 11 is 0. The molecule has 2 aromatic rings. The quantitative estimate of drug-likeness (QED) is 0.878. The molecule has 0 atom stereocenters. The molecule has 1 aromatic heterocycles. The molecular formula is C15H17N3O. The Morgan fingerprint density at radius 3 is 2.79 bits per heavy atom. The predicted molar refractivity (Wildman–Crippen MR) is 75.6 cm³/mol. The van der Waals surface area contributed by atoms with Gasteiger partial charge in [0.05, 0.1) is 12.1 Å². The molecule has 0 bridgehead atoms. The first-order valence-corrected chi connectivity index (χ1v) is 6.19. The summed E-state index contributed by atoms with van der Waals surface area (Å²) in [5.41, 5.74) is 9.15. The summed E-state index contributed by atoms with van der Waals surface area (Å²) in [5.74, 6) is -0.0808. The minimum atomic E-state index is -0.0808. The van der Waals surface area contributed by atoms with Crippen LogP contribution in [0.15, 0.2) is 42.6 Å². The third-order valence-electron chi connectivity index (χ3n) is 2.96. The number of aryl methyl sites for hydroxylation is 1. The van der Waals surface area contributed by atoms with E-state index >= 15 is 0 Å². The summed E-state index contributed by atoms with van der Waals surface area (Å²) in [6.07, 6.45) is 1.97. The molecule has 0 radical (unpaired) electrons. The molecular weight excluding hydrogens is 238 g/mol. The molecule has 0 unspecified atom stereocenters. The molecule has 3 N–H and O–H groups in total. The minimum absolute atomic E-state index is 0.0808. The fourth-order valence-corrected chi connectivity index (χ4v) is 1.87. The average Bonchev–Trinajstić information content (AvgIpc) is 2.42. The van der Waals surface area contributed by atoms with Crippen LogP contribution in [-0.2, 0) is 17.8 Å². The zero-order chi connectivity index (χ0) is 13.7. The number of aromatic nitrogens is 1. The highest BCUT2D eigenvalue weighted by molar-refractivity contribution is 5.92. The second-order valence-corrected chi connectivity index (χ2v) is 4.35. The lowest BCUT2D eigenvalue weighted by Crippen LogP contribution is -2.17. The van der Waals surface area contributed by atoms with Crippen LogP contribution in [0, 0.1) is 6.92 Å². The molecule has 0 aliphatic carbocycles. The van der Waals surface area contributed by atoms with E-state index in [2.05, 4.69) is 10.3 Å². The molecule has 2 rings (SSSR count). The molecule has 4 heteroatoms. The Kier molecular flexibility index (Phi) is 4.26. The van der Waals surface area contributed by atoms with Crippen molar-refractivity contribution in [2.45, 2.75) is 19.9 Å². The van der Waals surface area contributed by atoms with Gasteiger partial charge in [-0.05, 0) is 30.2 Å². The summed E-state index contributed by atoms with van der Waals surface area (Å²) in [7, 11) is 0. The van der Waals surface area contributed by atoms with Crippen molar-refractivity contribution in [2.75, 3.05) is 5.32 Å². The Balaban J connectivity index is 2.08. The smallest absolute Gasteiger partial charge is 0.230 e.